The van der Waals surface area contributed by atoms with Crippen LogP contribution in [0.3, 0.4) is 0 Å². The maximum atomic E-state index is 12.4. The molecule has 0 unspecified atom stereocenters. The fourth-order valence-electron chi connectivity index (χ4n) is 2.60. The quantitative estimate of drug-likeness (QED) is 0.847. The molecule has 0 radical (unpaired) electrons. The molecule has 4 nitrogen and oxygen atoms in total. The van der Waals surface area contributed by atoms with E-state index in [1.807, 2.05) is 39.9 Å². The number of hydrogen-bond donors (Lipinski definition) is 0. The molecular weight excluding hydrogens is 274 g/mol. The van der Waals surface area contributed by atoms with Gasteiger partial charge in [0.25, 0.3) is 0 Å². The second-order valence-electron chi connectivity index (χ2n) is 5.33. The molecule has 2 heterocycles. The average molecular weight is 292 g/mol. The molecule has 0 bridgehead atoms. The van der Waals surface area contributed by atoms with E-state index >= 15 is 0 Å². The molecule has 1 saturated heterocycles. The van der Waals surface area contributed by atoms with Crippen LogP contribution in [0.1, 0.15) is 0 Å². The summed E-state index contributed by atoms with van der Waals surface area (Å²) in [5, 5.41) is 1.81. The van der Waals surface area contributed by atoms with Crippen LogP contribution in [0.25, 0.3) is 10.9 Å². The molecule has 1 aromatic carbocycles. The average Bonchev–Trinajstić information content (AvgIpc) is 2.82. The minimum atomic E-state index is 0.176. The van der Waals surface area contributed by atoms with Gasteiger partial charge in [-0.25, -0.2) is 0 Å². The molecule has 3 rings (SSSR count). The lowest BCUT2D eigenvalue weighted by Crippen LogP contribution is -2.48. The molecule has 0 spiro atoms. The number of rotatable bonds is 2. The Balaban J connectivity index is 1.76. The molecular formula is C15H18ClN3O. The van der Waals surface area contributed by atoms with E-state index in [4.69, 9.17) is 11.6 Å². The van der Waals surface area contributed by atoms with Crippen molar-refractivity contribution in [2.24, 2.45) is 0 Å². The standard InChI is InChI=1S/C15H18ClN3O/c1-17-6-8-18(9-7-17)15(20)11-19-5-4-12-2-3-13(16)10-14(12)19/h2-5,10H,6-9,11H2,1H3. The third kappa shape index (κ3) is 2.67. The summed E-state index contributed by atoms with van der Waals surface area (Å²) in [4.78, 5) is 16.5. The zero-order valence-corrected chi connectivity index (χ0v) is 12.3. The number of piperazine rings is 1. The van der Waals surface area contributed by atoms with Crippen molar-refractivity contribution in [2.75, 3.05) is 33.2 Å². The van der Waals surface area contributed by atoms with Crippen molar-refractivity contribution in [3.8, 4) is 0 Å². The summed E-state index contributed by atoms with van der Waals surface area (Å²) in [6, 6.07) is 7.78. The maximum Gasteiger partial charge on any atom is 0.242 e. The third-order valence-electron chi connectivity index (χ3n) is 3.90. The van der Waals surface area contributed by atoms with Crippen LogP contribution in [0.15, 0.2) is 30.5 Å². The van der Waals surface area contributed by atoms with Crippen LogP contribution in [0.5, 0.6) is 0 Å². The smallest absolute Gasteiger partial charge is 0.242 e. The van der Waals surface area contributed by atoms with Crippen molar-refractivity contribution in [3.63, 3.8) is 0 Å². The number of fused-ring (bicyclic) bond motifs is 1. The highest BCUT2D eigenvalue weighted by atomic mass is 35.5. The zero-order chi connectivity index (χ0) is 14.1. The van der Waals surface area contributed by atoms with E-state index in [2.05, 4.69) is 11.9 Å². The Morgan fingerprint density at radius 2 is 1.95 bits per heavy atom. The Hall–Kier alpha value is -1.52. The van der Waals surface area contributed by atoms with E-state index in [9.17, 15) is 4.79 Å². The molecule has 1 aliphatic heterocycles. The van der Waals surface area contributed by atoms with Crippen LogP contribution in [-0.2, 0) is 11.3 Å². The number of aromatic nitrogens is 1. The SMILES string of the molecule is CN1CCN(C(=O)Cn2ccc3ccc(Cl)cc32)CC1. The van der Waals surface area contributed by atoms with Gasteiger partial charge in [-0.15, -0.1) is 0 Å². The van der Waals surface area contributed by atoms with Crippen LogP contribution in [0.4, 0.5) is 0 Å². The zero-order valence-electron chi connectivity index (χ0n) is 11.6. The van der Waals surface area contributed by atoms with Gasteiger partial charge in [0.05, 0.1) is 0 Å². The first-order chi connectivity index (χ1) is 9.63. The Morgan fingerprint density at radius 1 is 1.20 bits per heavy atom. The second-order valence-corrected chi connectivity index (χ2v) is 5.77. The van der Waals surface area contributed by atoms with Crippen LogP contribution >= 0.6 is 11.6 Å². The summed E-state index contributed by atoms with van der Waals surface area (Å²) < 4.78 is 1.97. The highest BCUT2D eigenvalue weighted by molar-refractivity contribution is 6.31. The molecule has 0 aliphatic carbocycles. The van der Waals surface area contributed by atoms with Gasteiger partial charge in [-0.2, -0.15) is 0 Å². The number of likely N-dealkylation sites (N-methyl/N-ethyl adjacent to an activating group) is 1. The lowest BCUT2D eigenvalue weighted by Gasteiger charge is -2.32. The number of carbonyl (C=O) groups excluding carboxylic acids is 1. The lowest BCUT2D eigenvalue weighted by molar-refractivity contribution is -0.133. The summed E-state index contributed by atoms with van der Waals surface area (Å²) in [6.07, 6.45) is 1.95. The lowest BCUT2D eigenvalue weighted by atomic mass is 10.2. The summed E-state index contributed by atoms with van der Waals surface area (Å²) in [7, 11) is 2.09. The van der Waals surface area contributed by atoms with E-state index in [1.165, 1.54) is 0 Å². The van der Waals surface area contributed by atoms with E-state index in [1.54, 1.807) is 0 Å². The van der Waals surface area contributed by atoms with Gasteiger partial charge in [0.15, 0.2) is 0 Å². The van der Waals surface area contributed by atoms with Gasteiger partial charge in [0.2, 0.25) is 5.91 Å². The van der Waals surface area contributed by atoms with E-state index in [0.717, 1.165) is 37.1 Å². The number of nitrogens with zero attached hydrogens (tertiary/aromatic N) is 3. The normalized spacial score (nSPS) is 16.8. The minimum Gasteiger partial charge on any atom is -0.339 e. The predicted octanol–water partition coefficient (Wildman–Crippen LogP) is 2.07. The van der Waals surface area contributed by atoms with Crippen molar-refractivity contribution in [1.82, 2.24) is 14.4 Å². The molecule has 20 heavy (non-hydrogen) atoms. The molecule has 106 valence electrons. The van der Waals surface area contributed by atoms with Crippen molar-refractivity contribution in [3.05, 3.63) is 35.5 Å². The number of hydrogen-bond acceptors (Lipinski definition) is 2. The van der Waals surface area contributed by atoms with Crippen molar-refractivity contribution in [2.45, 2.75) is 6.54 Å². The van der Waals surface area contributed by atoms with Gasteiger partial charge < -0.3 is 14.4 Å². The fraction of sp³-hybridized carbons (Fsp3) is 0.400. The molecule has 1 aromatic heterocycles. The molecule has 0 N–H and O–H groups in total. The van der Waals surface area contributed by atoms with Crippen molar-refractivity contribution < 1.29 is 4.79 Å². The molecule has 0 saturated carbocycles. The van der Waals surface area contributed by atoms with Crippen molar-refractivity contribution >= 4 is 28.4 Å². The monoisotopic (exact) mass is 291 g/mol. The minimum absolute atomic E-state index is 0.176. The Morgan fingerprint density at radius 3 is 2.70 bits per heavy atom. The highest BCUT2D eigenvalue weighted by Gasteiger charge is 2.19. The van der Waals surface area contributed by atoms with Gasteiger partial charge >= 0.3 is 0 Å². The first kappa shape index (κ1) is 13.5. The van der Waals surface area contributed by atoms with Crippen LogP contribution in [0.2, 0.25) is 5.02 Å². The van der Waals surface area contributed by atoms with E-state index < -0.39 is 0 Å². The van der Waals surface area contributed by atoms with E-state index in [0.29, 0.717) is 11.6 Å². The maximum absolute atomic E-state index is 12.4. The Labute approximate surface area is 123 Å². The molecule has 5 heteroatoms. The van der Waals surface area contributed by atoms with Gasteiger partial charge in [0.1, 0.15) is 6.54 Å². The predicted molar refractivity (Wildman–Crippen MR) is 81.0 cm³/mol. The molecule has 1 aliphatic rings. The second kappa shape index (κ2) is 5.46. The first-order valence-electron chi connectivity index (χ1n) is 6.84. The topological polar surface area (TPSA) is 28.5 Å². The molecule has 1 amide bonds. The van der Waals surface area contributed by atoms with Crippen LogP contribution in [0, 0.1) is 0 Å². The van der Waals surface area contributed by atoms with E-state index in [-0.39, 0.29) is 5.91 Å². The van der Waals surface area contributed by atoms with Gasteiger partial charge in [-0.05, 0) is 30.6 Å². The molecule has 1 fully saturated rings. The summed E-state index contributed by atoms with van der Waals surface area (Å²) in [6.45, 7) is 3.91. The summed E-state index contributed by atoms with van der Waals surface area (Å²) in [5.41, 5.74) is 1.01. The van der Waals surface area contributed by atoms with Crippen LogP contribution in [-0.4, -0.2) is 53.5 Å². The largest absolute Gasteiger partial charge is 0.339 e. The summed E-state index contributed by atoms with van der Waals surface area (Å²) >= 11 is 6.03. The summed E-state index contributed by atoms with van der Waals surface area (Å²) in [5.74, 6) is 0.176. The first-order valence-corrected chi connectivity index (χ1v) is 7.22. The third-order valence-corrected chi connectivity index (χ3v) is 4.13. The van der Waals surface area contributed by atoms with Gasteiger partial charge in [-0.1, -0.05) is 17.7 Å². The Bertz CT molecular complexity index is 629. The number of halogens is 1. The van der Waals surface area contributed by atoms with Gasteiger partial charge in [-0.3, -0.25) is 4.79 Å². The Kier molecular flexibility index (Phi) is 3.68. The number of amides is 1. The van der Waals surface area contributed by atoms with Crippen LogP contribution < -0.4 is 0 Å². The molecule has 0 atom stereocenters. The number of carbonyl (C=O) groups is 1. The fourth-order valence-corrected chi connectivity index (χ4v) is 2.76. The van der Waals surface area contributed by atoms with Gasteiger partial charge in [0, 0.05) is 42.9 Å². The number of benzene rings is 1. The van der Waals surface area contributed by atoms with Crippen molar-refractivity contribution in [1.29, 1.82) is 0 Å². The molecule has 2 aromatic rings. The highest BCUT2D eigenvalue weighted by Crippen LogP contribution is 2.20.